The Labute approximate surface area is 370 Å². The van der Waals surface area contributed by atoms with E-state index in [4.69, 9.17) is 9.15 Å². The zero-order valence-electron chi connectivity index (χ0n) is 36.8. The topological polar surface area (TPSA) is 25.6 Å². The monoisotopic (exact) mass is 817 g/mol. The van der Waals surface area contributed by atoms with Gasteiger partial charge in [-0.25, -0.2) is 0 Å². The molecule has 0 amide bonds. The third-order valence-electron chi connectivity index (χ3n) is 13.1. The fourth-order valence-corrected chi connectivity index (χ4v) is 9.67. The van der Waals surface area contributed by atoms with Gasteiger partial charge in [0, 0.05) is 45.3 Å². The van der Waals surface area contributed by atoms with Gasteiger partial charge in [0.25, 0.3) is 0 Å². The first-order chi connectivity index (χ1) is 30.5. The molecule has 8 aromatic carbocycles. The highest BCUT2D eigenvalue weighted by atomic mass is 16.5. The van der Waals surface area contributed by atoms with E-state index < -0.39 is 0 Å². The van der Waals surface area contributed by atoms with E-state index in [9.17, 15) is 0 Å². The fourth-order valence-electron chi connectivity index (χ4n) is 9.67. The van der Waals surface area contributed by atoms with Crippen molar-refractivity contribution in [1.29, 1.82) is 0 Å². The number of hydrogen-bond donors (Lipinski definition) is 0. The van der Waals surface area contributed by atoms with Crippen molar-refractivity contribution < 1.29 is 9.15 Å². The van der Waals surface area contributed by atoms with Crippen LogP contribution in [0, 0.1) is 0 Å². The van der Waals surface area contributed by atoms with E-state index in [0.29, 0.717) is 0 Å². The van der Waals surface area contributed by atoms with Crippen LogP contribution in [-0.2, 0) is 10.8 Å². The van der Waals surface area contributed by atoms with Gasteiger partial charge < -0.3 is 14.1 Å². The second-order valence-corrected chi connectivity index (χ2v) is 19.3. The summed E-state index contributed by atoms with van der Waals surface area (Å²) in [5, 5.41) is 4.67. The molecule has 0 fully saturated rings. The predicted octanol–water partition coefficient (Wildman–Crippen LogP) is 16.8. The van der Waals surface area contributed by atoms with Crippen LogP contribution >= 0.6 is 0 Å². The molecule has 3 nitrogen and oxygen atoms in total. The molecule has 2 heterocycles. The van der Waals surface area contributed by atoms with Gasteiger partial charge in [0.05, 0.1) is 5.69 Å². The van der Waals surface area contributed by atoms with Gasteiger partial charge in [0.2, 0.25) is 0 Å². The Kier molecular flexibility index (Phi) is 9.10. The van der Waals surface area contributed by atoms with E-state index in [1.807, 2.05) is 12.1 Å². The number of furan rings is 1. The van der Waals surface area contributed by atoms with Crippen LogP contribution in [0.3, 0.4) is 0 Å². The lowest BCUT2D eigenvalue weighted by Crippen LogP contribution is -2.16. The summed E-state index contributed by atoms with van der Waals surface area (Å²) in [5.41, 5.74) is 15.8. The van der Waals surface area contributed by atoms with Crippen molar-refractivity contribution in [2.45, 2.75) is 64.4 Å². The van der Waals surface area contributed by atoms with Crippen LogP contribution in [0.2, 0.25) is 0 Å². The Morgan fingerprint density at radius 2 is 1.14 bits per heavy atom. The number of nitrogens with zero attached hydrogens (tertiary/aromatic N) is 1. The summed E-state index contributed by atoms with van der Waals surface area (Å²) < 4.78 is 13.0. The highest BCUT2D eigenvalue weighted by molar-refractivity contribution is 6.10. The zero-order chi connectivity index (χ0) is 43.0. The highest BCUT2D eigenvalue weighted by Crippen LogP contribution is 2.48. The number of benzene rings is 8. The minimum Gasteiger partial charge on any atom is -0.485 e. The van der Waals surface area contributed by atoms with Crippen molar-refractivity contribution in [3.63, 3.8) is 0 Å². The van der Waals surface area contributed by atoms with Crippen LogP contribution in [0.1, 0.15) is 64.2 Å². The van der Waals surface area contributed by atoms with Crippen LogP contribution in [0.15, 0.2) is 193 Å². The molecule has 0 saturated heterocycles. The summed E-state index contributed by atoms with van der Waals surface area (Å²) in [7, 11) is 0. The van der Waals surface area contributed by atoms with Crippen molar-refractivity contribution in [3.8, 4) is 39.1 Å². The molecule has 0 saturated carbocycles. The third-order valence-corrected chi connectivity index (χ3v) is 13.1. The van der Waals surface area contributed by atoms with E-state index in [0.717, 1.165) is 61.4 Å². The van der Waals surface area contributed by atoms with Crippen LogP contribution < -0.4 is 9.64 Å². The predicted molar refractivity (Wildman–Crippen MR) is 265 cm³/mol. The maximum Gasteiger partial charge on any atom is 0.137 e. The smallest absolute Gasteiger partial charge is 0.137 e. The summed E-state index contributed by atoms with van der Waals surface area (Å²) in [6, 6.07) is 60.2. The Hall–Kier alpha value is -7.10. The molecule has 2 unspecified atom stereocenters. The number of hydrogen-bond acceptors (Lipinski definition) is 3. The molecule has 2 atom stereocenters. The van der Waals surface area contributed by atoms with E-state index in [1.165, 1.54) is 44.2 Å². The van der Waals surface area contributed by atoms with Gasteiger partial charge in [-0.05, 0) is 109 Å². The molecular formula is C60H51NO2. The average molecular weight is 818 g/mol. The molecule has 0 spiro atoms. The summed E-state index contributed by atoms with van der Waals surface area (Å²) in [6.07, 6.45) is 8.65. The van der Waals surface area contributed by atoms with Gasteiger partial charge in [-0.2, -0.15) is 0 Å². The van der Waals surface area contributed by atoms with E-state index >= 15 is 0 Å². The van der Waals surface area contributed by atoms with Gasteiger partial charge in [0.15, 0.2) is 0 Å². The van der Waals surface area contributed by atoms with E-state index in [-0.39, 0.29) is 22.9 Å². The Balaban J connectivity index is 1.11. The van der Waals surface area contributed by atoms with Crippen LogP contribution in [0.25, 0.3) is 66.1 Å². The second kappa shape index (κ2) is 14.8. The van der Waals surface area contributed by atoms with Gasteiger partial charge in [0.1, 0.15) is 23.0 Å². The van der Waals surface area contributed by atoms with Crippen LogP contribution in [0.5, 0.6) is 5.75 Å². The van der Waals surface area contributed by atoms with Crippen molar-refractivity contribution in [1.82, 2.24) is 0 Å². The largest absolute Gasteiger partial charge is 0.485 e. The highest BCUT2D eigenvalue weighted by Gasteiger charge is 2.32. The molecule has 11 rings (SSSR count). The van der Waals surface area contributed by atoms with Gasteiger partial charge in [-0.1, -0.05) is 175 Å². The summed E-state index contributed by atoms with van der Waals surface area (Å²) in [6.45, 7) is 13.9. The van der Waals surface area contributed by atoms with Crippen molar-refractivity contribution in [2.75, 3.05) is 4.90 Å². The molecule has 1 aliphatic carbocycles. The van der Waals surface area contributed by atoms with Crippen LogP contribution in [-0.4, -0.2) is 6.10 Å². The lowest BCUT2D eigenvalue weighted by molar-refractivity contribution is 0.269. The molecule has 0 N–H and O–H groups in total. The number of para-hydroxylation sites is 2. The normalized spacial score (nSPS) is 15.8. The standard InChI is InChI=1S/C60H51NO2/c1-59(2,3)42-32-41(33-43(36-42)60(4,5)6)46-23-14-16-38-17-15-24-52(58(38)46)47-20-7-10-25-53(47)61(45-29-31-51-49-22-9-12-27-55(49)63-57(51)37-45)44-19-13-18-39(34-44)40-28-30-50-48-21-8-11-26-54(48)62-56(50)35-40/h7-37,48,54H,1-6H3. The minimum absolute atomic E-state index is 0.00804. The van der Waals surface area contributed by atoms with E-state index in [1.54, 1.807) is 0 Å². The lowest BCUT2D eigenvalue weighted by atomic mass is 9.78. The molecule has 9 aromatic rings. The molecule has 3 heteroatoms. The summed E-state index contributed by atoms with van der Waals surface area (Å²) in [5.74, 6) is 1.21. The molecule has 308 valence electrons. The second-order valence-electron chi connectivity index (χ2n) is 19.3. The number of anilines is 3. The van der Waals surface area contributed by atoms with Gasteiger partial charge in [-0.15, -0.1) is 0 Å². The maximum absolute atomic E-state index is 6.54. The molecule has 2 aliphatic rings. The fraction of sp³-hybridized carbons (Fsp3) is 0.167. The van der Waals surface area contributed by atoms with Gasteiger partial charge in [-0.3, -0.25) is 0 Å². The molecule has 0 radical (unpaired) electrons. The molecule has 1 aliphatic heterocycles. The number of allylic oxidation sites excluding steroid dienone is 2. The first-order valence-electron chi connectivity index (χ1n) is 22.2. The van der Waals surface area contributed by atoms with Crippen molar-refractivity contribution in [3.05, 3.63) is 205 Å². The van der Waals surface area contributed by atoms with Crippen LogP contribution in [0.4, 0.5) is 17.1 Å². The maximum atomic E-state index is 6.54. The number of fused-ring (bicyclic) bond motifs is 7. The molecule has 1 aromatic heterocycles. The lowest BCUT2D eigenvalue weighted by Gasteiger charge is -2.29. The average Bonchev–Trinajstić information content (AvgIpc) is 3.86. The molecule has 63 heavy (non-hydrogen) atoms. The Morgan fingerprint density at radius 3 is 1.95 bits per heavy atom. The van der Waals surface area contributed by atoms with Crippen molar-refractivity contribution >= 4 is 49.8 Å². The SMILES string of the molecule is CC(C)(C)c1cc(-c2cccc3cccc(-c4ccccc4N(c4cccc(-c5ccc6c(c5)OC5C=CC=CC65)c4)c4ccc5c(c4)oc4ccccc45)c23)cc(C(C)(C)C)c1. The first kappa shape index (κ1) is 38.8. The molecule has 0 bridgehead atoms. The zero-order valence-corrected chi connectivity index (χ0v) is 36.8. The minimum atomic E-state index is -0.00804. The number of ether oxygens (including phenoxy) is 1. The van der Waals surface area contributed by atoms with Gasteiger partial charge >= 0.3 is 0 Å². The third kappa shape index (κ3) is 6.84. The van der Waals surface area contributed by atoms with Crippen molar-refractivity contribution in [2.24, 2.45) is 0 Å². The summed E-state index contributed by atoms with van der Waals surface area (Å²) >= 11 is 0. The Bertz CT molecular complexity index is 3270. The van der Waals surface area contributed by atoms with E-state index in [2.05, 4.69) is 222 Å². The molecular weight excluding hydrogens is 767 g/mol. The number of rotatable bonds is 6. The Morgan fingerprint density at radius 1 is 0.476 bits per heavy atom. The first-order valence-corrected chi connectivity index (χ1v) is 22.2. The summed E-state index contributed by atoms with van der Waals surface area (Å²) in [4.78, 5) is 2.40. The quantitative estimate of drug-likeness (QED) is 0.167.